The van der Waals surface area contributed by atoms with E-state index >= 15 is 0 Å². The van der Waals surface area contributed by atoms with Gasteiger partial charge in [-0.05, 0) is 32.0 Å². The number of halogens is 2. The molecule has 0 atom stereocenters. The Balaban J connectivity index is 2.71. The summed E-state index contributed by atoms with van der Waals surface area (Å²) < 4.78 is 1.63. The Morgan fingerprint density at radius 1 is 1.29 bits per heavy atom. The summed E-state index contributed by atoms with van der Waals surface area (Å²) in [5, 5.41) is 5.45. The summed E-state index contributed by atoms with van der Waals surface area (Å²) in [6.45, 7) is 3.66. The molecule has 0 unspecified atom stereocenters. The van der Waals surface area contributed by atoms with Crippen LogP contribution in [0.3, 0.4) is 0 Å². The number of rotatable bonds is 2. The van der Waals surface area contributed by atoms with Crippen LogP contribution in [-0.4, -0.2) is 16.1 Å². The first-order valence-corrected chi connectivity index (χ1v) is 5.77. The molecule has 5 heteroatoms. The molecule has 0 amide bonds. The fourth-order valence-corrected chi connectivity index (χ4v) is 1.94. The van der Waals surface area contributed by atoms with Gasteiger partial charge >= 0.3 is 0 Å². The second-order valence-electron chi connectivity index (χ2n) is 3.72. The van der Waals surface area contributed by atoms with Crippen LogP contribution in [0.5, 0.6) is 0 Å². The van der Waals surface area contributed by atoms with Crippen molar-refractivity contribution in [3.05, 3.63) is 45.2 Å². The number of aldehydes is 1. The predicted octanol–water partition coefficient (Wildman–Crippen LogP) is 3.61. The van der Waals surface area contributed by atoms with Gasteiger partial charge in [-0.25, -0.2) is 4.68 Å². The normalized spacial score (nSPS) is 10.6. The van der Waals surface area contributed by atoms with Crippen molar-refractivity contribution in [1.82, 2.24) is 9.78 Å². The van der Waals surface area contributed by atoms with Gasteiger partial charge in [-0.15, -0.1) is 0 Å². The van der Waals surface area contributed by atoms with Gasteiger partial charge in [0, 0.05) is 10.6 Å². The highest BCUT2D eigenvalue weighted by Crippen LogP contribution is 2.25. The number of aromatic nitrogens is 2. The maximum Gasteiger partial charge on any atom is 0.152 e. The highest BCUT2D eigenvalue weighted by molar-refractivity contribution is 6.32. The molecule has 0 saturated carbocycles. The molecule has 3 nitrogen and oxygen atoms in total. The van der Waals surface area contributed by atoms with E-state index in [-0.39, 0.29) is 0 Å². The van der Waals surface area contributed by atoms with Crippen molar-refractivity contribution in [3.63, 3.8) is 0 Å². The fourth-order valence-electron chi connectivity index (χ4n) is 1.66. The van der Waals surface area contributed by atoms with Gasteiger partial charge < -0.3 is 0 Å². The van der Waals surface area contributed by atoms with Gasteiger partial charge in [-0.1, -0.05) is 23.2 Å². The molecule has 1 aromatic carbocycles. The van der Waals surface area contributed by atoms with Crippen LogP contribution in [0, 0.1) is 13.8 Å². The number of benzene rings is 1. The molecule has 17 heavy (non-hydrogen) atoms. The van der Waals surface area contributed by atoms with Crippen LogP contribution < -0.4 is 0 Å². The Morgan fingerprint density at radius 2 is 2.00 bits per heavy atom. The molecule has 2 rings (SSSR count). The van der Waals surface area contributed by atoms with E-state index in [4.69, 9.17) is 23.2 Å². The van der Waals surface area contributed by atoms with Gasteiger partial charge in [-0.2, -0.15) is 5.10 Å². The Morgan fingerprint density at radius 3 is 2.53 bits per heavy atom. The van der Waals surface area contributed by atoms with Gasteiger partial charge in [-0.3, -0.25) is 4.79 Å². The SMILES string of the molecule is Cc1nn(-c2cc(Cl)ccc2C=O)c(C)c1Cl. The second-order valence-corrected chi connectivity index (χ2v) is 4.53. The third-order valence-electron chi connectivity index (χ3n) is 2.55. The molecule has 0 aliphatic heterocycles. The lowest BCUT2D eigenvalue weighted by atomic mass is 10.2. The summed E-state index contributed by atoms with van der Waals surface area (Å²) in [6.07, 6.45) is 0.774. The molecule has 0 N–H and O–H groups in total. The van der Waals surface area contributed by atoms with Crippen molar-refractivity contribution in [2.75, 3.05) is 0 Å². The molecule has 0 aliphatic rings. The van der Waals surface area contributed by atoms with Crippen molar-refractivity contribution < 1.29 is 4.79 Å². The Kier molecular flexibility index (Phi) is 3.22. The lowest BCUT2D eigenvalue weighted by Crippen LogP contribution is -2.03. The molecule has 1 heterocycles. The molecule has 2 aromatic rings. The molecular formula is C12H10Cl2N2O. The number of carbonyl (C=O) groups excluding carboxylic acids is 1. The number of aryl methyl sites for hydroxylation is 1. The molecule has 0 aliphatic carbocycles. The molecule has 0 radical (unpaired) electrons. The van der Waals surface area contributed by atoms with E-state index in [0.29, 0.717) is 21.3 Å². The van der Waals surface area contributed by atoms with Crippen molar-refractivity contribution in [1.29, 1.82) is 0 Å². The van der Waals surface area contributed by atoms with Gasteiger partial charge in [0.25, 0.3) is 0 Å². The van der Waals surface area contributed by atoms with Crippen molar-refractivity contribution in [2.24, 2.45) is 0 Å². The van der Waals surface area contributed by atoms with Crippen LogP contribution in [0.1, 0.15) is 21.7 Å². The van der Waals surface area contributed by atoms with Crippen LogP contribution in [0.2, 0.25) is 10.0 Å². The molecule has 0 spiro atoms. The standard InChI is InChI=1S/C12H10Cl2N2O/c1-7-12(14)8(2)16(15-7)11-5-10(13)4-3-9(11)6-17/h3-6H,1-2H3. The minimum Gasteiger partial charge on any atom is -0.298 e. The Hall–Kier alpha value is -1.32. The van der Waals surface area contributed by atoms with E-state index < -0.39 is 0 Å². The number of carbonyl (C=O) groups is 1. The van der Waals surface area contributed by atoms with E-state index in [0.717, 1.165) is 17.7 Å². The van der Waals surface area contributed by atoms with E-state index in [1.807, 2.05) is 13.8 Å². The predicted molar refractivity (Wildman–Crippen MR) is 68.4 cm³/mol. The fraction of sp³-hybridized carbons (Fsp3) is 0.167. The zero-order valence-corrected chi connectivity index (χ0v) is 10.9. The lowest BCUT2D eigenvalue weighted by molar-refractivity contribution is 0.112. The molecule has 0 saturated heterocycles. The maximum atomic E-state index is 11.0. The third-order valence-corrected chi connectivity index (χ3v) is 3.33. The summed E-state index contributed by atoms with van der Waals surface area (Å²) in [7, 11) is 0. The van der Waals surface area contributed by atoms with Crippen molar-refractivity contribution >= 4 is 29.5 Å². The quantitative estimate of drug-likeness (QED) is 0.780. The average molecular weight is 269 g/mol. The topological polar surface area (TPSA) is 34.9 Å². The van der Waals surface area contributed by atoms with E-state index in [2.05, 4.69) is 5.10 Å². The first kappa shape index (κ1) is 12.1. The highest BCUT2D eigenvalue weighted by Gasteiger charge is 2.13. The van der Waals surface area contributed by atoms with Crippen LogP contribution in [0.15, 0.2) is 18.2 Å². The lowest BCUT2D eigenvalue weighted by Gasteiger charge is -2.07. The largest absolute Gasteiger partial charge is 0.298 e. The molecule has 0 bridgehead atoms. The van der Waals surface area contributed by atoms with Crippen LogP contribution in [0.25, 0.3) is 5.69 Å². The van der Waals surface area contributed by atoms with Crippen molar-refractivity contribution in [3.8, 4) is 5.69 Å². The summed E-state index contributed by atoms with van der Waals surface area (Å²) in [5.41, 5.74) is 2.67. The number of nitrogens with zero attached hydrogens (tertiary/aromatic N) is 2. The van der Waals surface area contributed by atoms with Gasteiger partial charge in [0.15, 0.2) is 6.29 Å². The number of hydrogen-bond donors (Lipinski definition) is 0. The Bertz CT molecular complexity index is 590. The summed E-state index contributed by atoms with van der Waals surface area (Å²) in [6, 6.07) is 5.03. The maximum absolute atomic E-state index is 11.0. The van der Waals surface area contributed by atoms with E-state index in [1.165, 1.54) is 0 Å². The van der Waals surface area contributed by atoms with Crippen molar-refractivity contribution in [2.45, 2.75) is 13.8 Å². The molecular weight excluding hydrogens is 259 g/mol. The van der Waals surface area contributed by atoms with Gasteiger partial charge in [0.2, 0.25) is 0 Å². The smallest absolute Gasteiger partial charge is 0.152 e. The van der Waals surface area contributed by atoms with Crippen LogP contribution in [0.4, 0.5) is 0 Å². The summed E-state index contributed by atoms with van der Waals surface area (Å²) >= 11 is 12.0. The average Bonchev–Trinajstić information content (AvgIpc) is 2.57. The molecule has 1 aromatic heterocycles. The zero-order chi connectivity index (χ0) is 12.6. The van der Waals surface area contributed by atoms with Gasteiger partial charge in [0.1, 0.15) is 0 Å². The molecule has 88 valence electrons. The zero-order valence-electron chi connectivity index (χ0n) is 9.37. The minimum absolute atomic E-state index is 0.525. The van der Waals surface area contributed by atoms with Crippen LogP contribution >= 0.6 is 23.2 Å². The molecule has 0 fully saturated rings. The third kappa shape index (κ3) is 2.08. The number of hydrogen-bond acceptors (Lipinski definition) is 2. The summed E-state index contributed by atoms with van der Waals surface area (Å²) in [4.78, 5) is 11.0. The van der Waals surface area contributed by atoms with E-state index in [1.54, 1.807) is 22.9 Å². The Labute approximate surface area is 109 Å². The van der Waals surface area contributed by atoms with Crippen LogP contribution in [-0.2, 0) is 0 Å². The highest BCUT2D eigenvalue weighted by atomic mass is 35.5. The summed E-state index contributed by atoms with van der Waals surface area (Å²) in [5.74, 6) is 0. The second kappa shape index (κ2) is 4.51. The monoisotopic (exact) mass is 268 g/mol. The minimum atomic E-state index is 0.525. The van der Waals surface area contributed by atoms with Gasteiger partial charge in [0.05, 0.1) is 22.1 Å². The first-order chi connectivity index (χ1) is 8.04. The first-order valence-electron chi connectivity index (χ1n) is 5.01. The van der Waals surface area contributed by atoms with E-state index in [9.17, 15) is 4.79 Å².